The lowest BCUT2D eigenvalue weighted by molar-refractivity contribution is -0.140. The maximum Gasteiger partial charge on any atom is 0.314 e. The largest absolute Gasteiger partial charge is 0.426 e. The Kier molecular flexibility index (Phi) is 6.88. The van der Waals surface area contributed by atoms with E-state index in [1.807, 2.05) is 0 Å². The minimum Gasteiger partial charge on any atom is -0.426 e. The number of hydrogen-bond acceptors (Lipinski definition) is 3. The van der Waals surface area contributed by atoms with Crippen molar-refractivity contribution in [2.45, 2.75) is 71.1 Å². The smallest absolute Gasteiger partial charge is 0.314 e. The second-order valence-corrected chi connectivity index (χ2v) is 8.36. The molecule has 4 heteroatoms. The molecule has 0 aliphatic heterocycles. The van der Waals surface area contributed by atoms with Crippen molar-refractivity contribution in [2.24, 2.45) is 23.7 Å². The van der Waals surface area contributed by atoms with E-state index in [0.29, 0.717) is 0 Å². The van der Waals surface area contributed by atoms with Gasteiger partial charge < -0.3 is 4.74 Å². The fourth-order valence-corrected chi connectivity index (χ4v) is 5.03. The molecule has 0 saturated heterocycles. The van der Waals surface area contributed by atoms with Gasteiger partial charge in [0.1, 0.15) is 17.6 Å². The molecule has 2 saturated carbocycles. The highest BCUT2D eigenvalue weighted by Gasteiger charge is 2.33. The van der Waals surface area contributed by atoms with Gasteiger partial charge in [-0.15, -0.1) is 0 Å². The molecule has 2 aliphatic rings. The minimum absolute atomic E-state index is 0.0380. The summed E-state index contributed by atoms with van der Waals surface area (Å²) in [7, 11) is 0. The van der Waals surface area contributed by atoms with Crippen LogP contribution in [-0.2, 0) is 4.79 Å². The van der Waals surface area contributed by atoms with E-state index in [2.05, 4.69) is 6.92 Å². The Morgan fingerprint density at radius 3 is 2.30 bits per heavy atom. The Hall–Kier alpha value is -1.89. The fourth-order valence-electron chi connectivity index (χ4n) is 5.03. The molecular weight excluding hydrogens is 341 g/mol. The zero-order valence-corrected chi connectivity index (χ0v) is 16.3. The minimum atomic E-state index is -0.648. The molecule has 0 amide bonds. The summed E-state index contributed by atoms with van der Waals surface area (Å²) in [5.74, 6) is 1.72. The van der Waals surface area contributed by atoms with Gasteiger partial charge in [-0.3, -0.25) is 4.79 Å². The molecule has 0 N–H and O–H groups in total. The SMILES string of the molecule is CCC[C@H]1CC[C@H]([C@H]2CC[C@H](C(=O)Oc3ccc(C#N)c(F)c3)CC2)CC1. The molecule has 0 unspecified atom stereocenters. The molecule has 3 nitrogen and oxygen atoms in total. The molecule has 0 atom stereocenters. The van der Waals surface area contributed by atoms with Gasteiger partial charge in [-0.1, -0.05) is 32.6 Å². The Morgan fingerprint density at radius 1 is 1.11 bits per heavy atom. The molecule has 0 bridgehead atoms. The van der Waals surface area contributed by atoms with E-state index >= 15 is 0 Å². The van der Waals surface area contributed by atoms with Crippen molar-refractivity contribution in [3.05, 3.63) is 29.6 Å². The van der Waals surface area contributed by atoms with Crippen LogP contribution in [0.1, 0.15) is 76.7 Å². The molecule has 146 valence electrons. The number of nitrogens with zero attached hydrogens (tertiary/aromatic N) is 1. The Bertz CT molecular complexity index is 680. The average molecular weight is 371 g/mol. The summed E-state index contributed by atoms with van der Waals surface area (Å²) in [5, 5.41) is 8.77. The number of esters is 1. The first-order valence-electron chi connectivity index (χ1n) is 10.5. The van der Waals surface area contributed by atoms with Gasteiger partial charge in [0.15, 0.2) is 0 Å². The van der Waals surface area contributed by atoms with Crippen LogP contribution in [0.4, 0.5) is 4.39 Å². The van der Waals surface area contributed by atoms with Crippen LogP contribution in [0.15, 0.2) is 18.2 Å². The van der Waals surface area contributed by atoms with Crippen LogP contribution in [0, 0.1) is 40.8 Å². The monoisotopic (exact) mass is 371 g/mol. The number of carbonyl (C=O) groups excluding carboxylic acids is 1. The third-order valence-electron chi connectivity index (χ3n) is 6.64. The zero-order valence-electron chi connectivity index (χ0n) is 16.3. The van der Waals surface area contributed by atoms with Crippen LogP contribution in [0.3, 0.4) is 0 Å². The van der Waals surface area contributed by atoms with Crippen molar-refractivity contribution in [3.8, 4) is 11.8 Å². The second kappa shape index (κ2) is 9.35. The maximum absolute atomic E-state index is 13.7. The Balaban J connectivity index is 1.46. The molecule has 0 spiro atoms. The van der Waals surface area contributed by atoms with Crippen LogP contribution in [0.25, 0.3) is 0 Å². The second-order valence-electron chi connectivity index (χ2n) is 8.36. The first-order chi connectivity index (χ1) is 13.1. The number of nitriles is 1. The van der Waals surface area contributed by atoms with Crippen LogP contribution in [0.2, 0.25) is 0 Å². The summed E-state index contributed by atoms with van der Waals surface area (Å²) in [6.45, 7) is 2.28. The summed E-state index contributed by atoms with van der Waals surface area (Å²) in [4.78, 5) is 12.4. The summed E-state index contributed by atoms with van der Waals surface area (Å²) in [5.41, 5.74) is -0.0380. The topological polar surface area (TPSA) is 50.1 Å². The van der Waals surface area contributed by atoms with Gasteiger partial charge in [0.2, 0.25) is 0 Å². The number of rotatable bonds is 5. The summed E-state index contributed by atoms with van der Waals surface area (Å²) in [6.07, 6.45) is 12.1. The van der Waals surface area contributed by atoms with Crippen LogP contribution in [0.5, 0.6) is 5.75 Å². The number of halogens is 1. The number of carbonyl (C=O) groups is 1. The van der Waals surface area contributed by atoms with Crippen molar-refractivity contribution in [1.29, 1.82) is 5.26 Å². The average Bonchev–Trinajstić information content (AvgIpc) is 2.69. The van der Waals surface area contributed by atoms with E-state index in [1.54, 1.807) is 6.07 Å². The van der Waals surface area contributed by atoms with Gasteiger partial charge in [0.05, 0.1) is 11.5 Å². The molecule has 3 rings (SSSR count). The van der Waals surface area contributed by atoms with Crippen molar-refractivity contribution >= 4 is 5.97 Å². The lowest BCUT2D eigenvalue weighted by Gasteiger charge is -2.37. The molecule has 0 radical (unpaired) electrons. The molecule has 1 aromatic rings. The van der Waals surface area contributed by atoms with Crippen LogP contribution < -0.4 is 4.74 Å². The summed E-state index contributed by atoms with van der Waals surface area (Å²) >= 11 is 0. The quantitative estimate of drug-likeness (QED) is 0.470. The van der Waals surface area contributed by atoms with Gasteiger partial charge in [0, 0.05) is 6.07 Å². The molecular formula is C23H30FNO2. The third-order valence-corrected chi connectivity index (χ3v) is 6.64. The molecule has 1 aromatic carbocycles. The van der Waals surface area contributed by atoms with Gasteiger partial charge in [0.25, 0.3) is 0 Å². The predicted molar refractivity (Wildman–Crippen MR) is 103 cm³/mol. The molecule has 0 aromatic heterocycles. The van der Waals surface area contributed by atoms with Crippen LogP contribution >= 0.6 is 0 Å². The van der Waals surface area contributed by atoms with Crippen molar-refractivity contribution < 1.29 is 13.9 Å². The molecule has 2 fully saturated rings. The van der Waals surface area contributed by atoms with Gasteiger partial charge in [-0.2, -0.15) is 5.26 Å². The standard InChI is InChI=1S/C23H30FNO2/c1-2-3-16-4-6-17(7-5-16)18-8-10-19(11-9-18)23(26)27-21-13-12-20(15-25)22(24)14-21/h12-14,16-19H,2-11H2,1H3/t16-,17-,18-,19-. The van der Waals surface area contributed by atoms with Crippen molar-refractivity contribution in [3.63, 3.8) is 0 Å². The van der Waals surface area contributed by atoms with E-state index in [4.69, 9.17) is 10.00 Å². The van der Waals surface area contributed by atoms with E-state index in [-0.39, 0.29) is 23.2 Å². The van der Waals surface area contributed by atoms with E-state index < -0.39 is 5.82 Å². The number of hydrogen-bond donors (Lipinski definition) is 0. The highest BCUT2D eigenvalue weighted by molar-refractivity contribution is 5.75. The van der Waals surface area contributed by atoms with Crippen molar-refractivity contribution in [2.75, 3.05) is 0 Å². The van der Waals surface area contributed by atoms with E-state index in [1.165, 1.54) is 50.7 Å². The highest BCUT2D eigenvalue weighted by atomic mass is 19.1. The molecule has 0 heterocycles. The summed E-state index contributed by atoms with van der Waals surface area (Å²) in [6, 6.07) is 5.73. The maximum atomic E-state index is 13.7. The van der Waals surface area contributed by atoms with Crippen molar-refractivity contribution in [1.82, 2.24) is 0 Å². The Morgan fingerprint density at radius 2 is 1.74 bits per heavy atom. The highest BCUT2D eigenvalue weighted by Crippen LogP contribution is 2.42. The first kappa shape index (κ1) is 19.9. The predicted octanol–water partition coefficient (Wildman–Crippen LogP) is 6.02. The summed E-state index contributed by atoms with van der Waals surface area (Å²) < 4.78 is 19.0. The lowest BCUT2D eigenvalue weighted by Crippen LogP contribution is -2.30. The van der Waals surface area contributed by atoms with E-state index in [9.17, 15) is 9.18 Å². The number of ether oxygens (including phenoxy) is 1. The van der Waals surface area contributed by atoms with Crippen LogP contribution in [-0.4, -0.2) is 5.97 Å². The number of benzene rings is 1. The lowest BCUT2D eigenvalue weighted by atomic mass is 9.69. The molecule has 2 aliphatic carbocycles. The normalized spacial score (nSPS) is 28.3. The van der Waals surface area contributed by atoms with E-state index in [0.717, 1.165) is 49.5 Å². The van der Waals surface area contributed by atoms with Gasteiger partial charge >= 0.3 is 5.97 Å². The fraction of sp³-hybridized carbons (Fsp3) is 0.652. The van der Waals surface area contributed by atoms with Gasteiger partial charge in [-0.05, 0) is 68.4 Å². The third kappa shape index (κ3) is 5.09. The zero-order chi connectivity index (χ0) is 19.2. The first-order valence-corrected chi connectivity index (χ1v) is 10.5. The molecule has 27 heavy (non-hydrogen) atoms. The van der Waals surface area contributed by atoms with Gasteiger partial charge in [-0.25, -0.2) is 4.39 Å². The Labute approximate surface area is 161 Å².